The molecule has 0 aliphatic carbocycles. The molecule has 0 spiro atoms. The zero-order valence-electron chi connectivity index (χ0n) is 21.2. The minimum absolute atomic E-state index is 0.228. The molecule has 3 heterocycles. The summed E-state index contributed by atoms with van der Waals surface area (Å²) in [5.74, 6) is -3.51. The predicted octanol–water partition coefficient (Wildman–Crippen LogP) is 4.97. The predicted molar refractivity (Wildman–Crippen MR) is 148 cm³/mol. The standard InChI is InChI=1S/C31H22BrFN2O5/c1-40-24-12-7-18(15-22(24)32)29(37)27-26-25(30(38)35(31(26)39)21-10-8-20(33)9-11-21)23-16-19(13-14-34(23)27)28(36)17-5-3-2-4-6-17/h2-16,23,25-27H,1H3/t23-,25-,26-,27-/m1/s1. The van der Waals surface area contributed by atoms with Crippen molar-refractivity contribution in [2.45, 2.75) is 12.1 Å². The molecule has 40 heavy (non-hydrogen) atoms. The monoisotopic (exact) mass is 600 g/mol. The van der Waals surface area contributed by atoms with Gasteiger partial charge in [-0.05, 0) is 64.5 Å². The van der Waals surface area contributed by atoms with Crippen molar-refractivity contribution >= 4 is 45.0 Å². The molecule has 0 saturated carbocycles. The van der Waals surface area contributed by atoms with Crippen LogP contribution in [-0.4, -0.2) is 47.5 Å². The number of ketones is 2. The van der Waals surface area contributed by atoms with Gasteiger partial charge in [-0.15, -0.1) is 0 Å². The number of ether oxygens (including phenoxy) is 1. The van der Waals surface area contributed by atoms with Crippen LogP contribution in [0, 0.1) is 17.7 Å². The normalized spacial score (nSPS) is 23.1. The third kappa shape index (κ3) is 4.08. The van der Waals surface area contributed by atoms with Gasteiger partial charge in [-0.3, -0.25) is 19.2 Å². The number of amides is 2. The fourth-order valence-electron chi connectivity index (χ4n) is 5.79. The number of benzene rings is 3. The second kappa shape index (κ2) is 9.98. The molecular formula is C31H22BrFN2O5. The molecule has 4 atom stereocenters. The van der Waals surface area contributed by atoms with Gasteiger partial charge in [0.05, 0.1) is 35.1 Å². The molecule has 9 heteroatoms. The van der Waals surface area contributed by atoms with E-state index in [0.717, 1.165) is 4.90 Å². The number of anilines is 1. The summed E-state index contributed by atoms with van der Waals surface area (Å²) < 4.78 is 19.5. The molecule has 2 fully saturated rings. The van der Waals surface area contributed by atoms with E-state index in [1.54, 1.807) is 65.7 Å². The van der Waals surface area contributed by atoms with E-state index in [1.807, 2.05) is 6.07 Å². The summed E-state index contributed by atoms with van der Waals surface area (Å²) in [6, 6.07) is 17.0. The van der Waals surface area contributed by atoms with Crippen LogP contribution in [0.3, 0.4) is 0 Å². The summed E-state index contributed by atoms with van der Waals surface area (Å²) in [7, 11) is 1.51. The Hall–Kier alpha value is -4.37. The Balaban J connectivity index is 1.43. The van der Waals surface area contributed by atoms with Crippen LogP contribution in [0.5, 0.6) is 5.75 Å². The lowest BCUT2D eigenvalue weighted by Gasteiger charge is -2.33. The Kier molecular flexibility index (Phi) is 6.46. The van der Waals surface area contributed by atoms with Gasteiger partial charge in [0.2, 0.25) is 11.8 Å². The van der Waals surface area contributed by atoms with Crippen LogP contribution >= 0.6 is 15.9 Å². The van der Waals surface area contributed by atoms with E-state index in [1.165, 1.54) is 31.4 Å². The lowest BCUT2D eigenvalue weighted by atomic mass is 9.85. The van der Waals surface area contributed by atoms with Crippen LogP contribution in [0.2, 0.25) is 0 Å². The van der Waals surface area contributed by atoms with Crippen molar-refractivity contribution in [3.63, 3.8) is 0 Å². The number of imide groups is 1. The third-order valence-electron chi connectivity index (χ3n) is 7.64. The van der Waals surface area contributed by atoms with Gasteiger partial charge >= 0.3 is 0 Å². The number of halogens is 2. The fourth-order valence-corrected chi connectivity index (χ4v) is 6.33. The first-order chi connectivity index (χ1) is 19.3. The van der Waals surface area contributed by atoms with E-state index in [0.29, 0.717) is 26.9 Å². The SMILES string of the molecule is COc1ccc(C(=O)[C@H]2[C@@H]3C(=O)N(c4ccc(F)cc4)C(=O)[C@@H]3[C@H]3C=C(C(=O)c4ccccc4)C=CN32)cc1Br. The number of methoxy groups -OCH3 is 1. The van der Waals surface area contributed by atoms with Crippen LogP contribution in [0.1, 0.15) is 20.7 Å². The van der Waals surface area contributed by atoms with Crippen molar-refractivity contribution in [3.05, 3.63) is 118 Å². The smallest absolute Gasteiger partial charge is 0.240 e. The Bertz CT molecular complexity index is 1620. The highest BCUT2D eigenvalue weighted by atomic mass is 79.9. The topological polar surface area (TPSA) is 84.0 Å². The van der Waals surface area contributed by atoms with E-state index in [-0.39, 0.29) is 17.3 Å². The number of carbonyl (C=O) groups excluding carboxylic acids is 4. The fraction of sp³-hybridized carbons (Fsp3) is 0.161. The number of rotatable bonds is 6. The summed E-state index contributed by atoms with van der Waals surface area (Å²) in [4.78, 5) is 57.7. The van der Waals surface area contributed by atoms with Gasteiger partial charge in [0.25, 0.3) is 0 Å². The van der Waals surface area contributed by atoms with E-state index in [4.69, 9.17) is 4.74 Å². The van der Waals surface area contributed by atoms with Crippen molar-refractivity contribution < 1.29 is 28.3 Å². The summed E-state index contributed by atoms with van der Waals surface area (Å²) in [6.45, 7) is 0. The van der Waals surface area contributed by atoms with Crippen LogP contribution < -0.4 is 9.64 Å². The van der Waals surface area contributed by atoms with Crippen LogP contribution in [0.15, 0.2) is 101 Å². The van der Waals surface area contributed by atoms with Gasteiger partial charge in [-0.1, -0.05) is 36.4 Å². The van der Waals surface area contributed by atoms with Gasteiger partial charge in [-0.2, -0.15) is 0 Å². The highest BCUT2D eigenvalue weighted by Crippen LogP contribution is 2.47. The Morgan fingerprint density at radius 2 is 1.60 bits per heavy atom. The molecule has 3 aromatic carbocycles. The molecule has 0 bridgehead atoms. The third-order valence-corrected chi connectivity index (χ3v) is 8.26. The van der Waals surface area contributed by atoms with E-state index in [2.05, 4.69) is 15.9 Å². The summed E-state index contributed by atoms with van der Waals surface area (Å²) >= 11 is 3.41. The van der Waals surface area contributed by atoms with Crippen LogP contribution in [-0.2, 0) is 9.59 Å². The molecule has 0 radical (unpaired) electrons. The van der Waals surface area contributed by atoms with Gasteiger partial charge in [0, 0.05) is 22.9 Å². The Morgan fingerprint density at radius 1 is 0.900 bits per heavy atom. The summed E-state index contributed by atoms with van der Waals surface area (Å²) in [5.41, 5.74) is 1.42. The van der Waals surface area contributed by atoms with Crippen molar-refractivity contribution in [2.75, 3.05) is 12.0 Å². The first-order valence-electron chi connectivity index (χ1n) is 12.6. The Labute approximate surface area is 237 Å². The molecule has 0 unspecified atom stereocenters. The van der Waals surface area contributed by atoms with Gasteiger partial charge in [0.15, 0.2) is 11.6 Å². The van der Waals surface area contributed by atoms with Gasteiger partial charge in [0.1, 0.15) is 17.6 Å². The average molecular weight is 601 g/mol. The largest absolute Gasteiger partial charge is 0.496 e. The van der Waals surface area contributed by atoms with E-state index >= 15 is 0 Å². The second-order valence-electron chi connectivity index (χ2n) is 9.77. The lowest BCUT2D eigenvalue weighted by Crippen LogP contribution is -2.46. The molecule has 7 nitrogen and oxygen atoms in total. The Morgan fingerprint density at radius 3 is 2.27 bits per heavy atom. The molecular weight excluding hydrogens is 579 g/mol. The maximum Gasteiger partial charge on any atom is 0.240 e. The first-order valence-corrected chi connectivity index (χ1v) is 13.4. The molecule has 6 rings (SSSR count). The highest BCUT2D eigenvalue weighted by molar-refractivity contribution is 9.10. The number of Topliss-reactive ketones (excluding diaryl/α,β-unsaturated/α-hetero) is 2. The minimum Gasteiger partial charge on any atom is -0.496 e. The molecule has 3 aromatic rings. The zero-order chi connectivity index (χ0) is 28.1. The first kappa shape index (κ1) is 25.9. The molecule has 3 aliphatic heterocycles. The quantitative estimate of drug-likeness (QED) is 0.293. The molecule has 0 aromatic heterocycles. The molecule has 2 saturated heterocycles. The number of nitrogens with zero attached hydrogens (tertiary/aromatic N) is 2. The van der Waals surface area contributed by atoms with Crippen molar-refractivity contribution in [2.24, 2.45) is 11.8 Å². The zero-order valence-corrected chi connectivity index (χ0v) is 22.7. The van der Waals surface area contributed by atoms with Gasteiger partial charge in [-0.25, -0.2) is 9.29 Å². The van der Waals surface area contributed by atoms with Crippen LogP contribution in [0.4, 0.5) is 10.1 Å². The molecule has 3 aliphatic rings. The molecule has 0 N–H and O–H groups in total. The maximum absolute atomic E-state index is 14.0. The van der Waals surface area contributed by atoms with Crippen molar-refractivity contribution in [1.82, 2.24) is 4.90 Å². The number of carbonyl (C=O) groups is 4. The number of allylic oxidation sites excluding steroid dienone is 2. The number of hydrogen-bond acceptors (Lipinski definition) is 6. The van der Waals surface area contributed by atoms with Crippen molar-refractivity contribution in [1.29, 1.82) is 0 Å². The lowest BCUT2D eigenvalue weighted by molar-refractivity contribution is -0.123. The molecule has 2 amide bonds. The average Bonchev–Trinajstić information content (AvgIpc) is 3.44. The highest BCUT2D eigenvalue weighted by Gasteiger charge is 2.63. The minimum atomic E-state index is -1.01. The van der Waals surface area contributed by atoms with E-state index < -0.39 is 41.6 Å². The summed E-state index contributed by atoms with van der Waals surface area (Å²) in [5, 5.41) is 0. The van der Waals surface area contributed by atoms with Crippen molar-refractivity contribution in [3.8, 4) is 5.75 Å². The summed E-state index contributed by atoms with van der Waals surface area (Å²) in [6.07, 6.45) is 4.91. The van der Waals surface area contributed by atoms with Gasteiger partial charge < -0.3 is 9.64 Å². The second-order valence-corrected chi connectivity index (χ2v) is 10.6. The maximum atomic E-state index is 14.0. The number of hydrogen-bond donors (Lipinski definition) is 0. The van der Waals surface area contributed by atoms with Crippen LogP contribution in [0.25, 0.3) is 0 Å². The molecule has 200 valence electrons. The number of fused-ring (bicyclic) bond motifs is 3. The van der Waals surface area contributed by atoms with E-state index in [9.17, 15) is 23.6 Å².